The van der Waals surface area contributed by atoms with Gasteiger partial charge in [-0.25, -0.2) is 0 Å². The monoisotopic (exact) mass is 380 g/mol. The summed E-state index contributed by atoms with van der Waals surface area (Å²) < 4.78 is 6.38. The molecular weight excluding hydrogens is 358 g/mol. The van der Waals surface area contributed by atoms with Gasteiger partial charge in [0, 0.05) is 6.92 Å². The number of nitrogens with zero attached hydrogens (tertiary/aromatic N) is 1. The normalized spacial score (nSPS) is 14.3. The van der Waals surface area contributed by atoms with E-state index in [4.69, 9.17) is 11.1 Å². The first-order valence-electron chi connectivity index (χ1n) is 9.18. The molecule has 1 aliphatic rings. The van der Waals surface area contributed by atoms with E-state index in [9.17, 15) is 4.79 Å². The molecule has 6 heteroatoms. The van der Waals surface area contributed by atoms with Gasteiger partial charge in [0.2, 0.25) is 0 Å². The largest absolute Gasteiger partial charge is 0.654 e. The van der Waals surface area contributed by atoms with Crippen molar-refractivity contribution < 1.29 is 14.4 Å². The van der Waals surface area contributed by atoms with Gasteiger partial charge in [-0.1, -0.05) is 71.6 Å². The van der Waals surface area contributed by atoms with E-state index in [0.29, 0.717) is 11.3 Å². The zero-order valence-electron chi connectivity index (χ0n) is 16.8. The Labute approximate surface area is 173 Å². The van der Waals surface area contributed by atoms with Crippen LogP contribution in [0, 0.1) is 24.7 Å². The number of allylic oxidation sites excluding steroid dienone is 2. The molecule has 0 saturated heterocycles. The number of nitrogens with one attached hydrogen (secondary N) is 1. The second kappa shape index (κ2) is 10.1. The molecule has 0 radical (unpaired) electrons. The van der Waals surface area contributed by atoms with Crippen molar-refractivity contribution in [1.29, 1.82) is 0 Å². The second-order valence-electron chi connectivity index (χ2n) is 6.54. The van der Waals surface area contributed by atoms with Crippen LogP contribution in [0.5, 0.6) is 0 Å². The van der Waals surface area contributed by atoms with E-state index in [1.165, 1.54) is 7.07 Å². The first-order chi connectivity index (χ1) is 14.0. The van der Waals surface area contributed by atoms with Crippen LogP contribution >= 0.6 is 0 Å². The average molecular weight is 380 g/mol. The predicted octanol–water partition coefficient (Wildman–Crippen LogP) is 0.733. The maximum Gasteiger partial charge on any atom is 0.506 e. The van der Waals surface area contributed by atoms with E-state index >= 15 is 0 Å². The zero-order valence-corrected chi connectivity index (χ0v) is 16.8. The molecular formula is C23H22B2N2O2. The van der Waals surface area contributed by atoms with Crippen molar-refractivity contribution >= 4 is 36.0 Å². The Hall–Kier alpha value is -3.63. The smallest absolute Gasteiger partial charge is 0.506 e. The predicted molar refractivity (Wildman–Crippen MR) is 120 cm³/mol. The van der Waals surface area contributed by atoms with E-state index in [2.05, 4.69) is 46.3 Å². The minimum Gasteiger partial charge on any atom is -0.654 e. The third kappa shape index (κ3) is 5.00. The molecule has 1 heterocycles. The standard InChI is InChI=1S/C19H20BNO2.C4H2BN/c1-14-19(15(2)22)16(3)23-20(21-14,17-10-6-4-7-11-17)18-12-8-5-9-13-18;1-3-5-6-4-2/h4-13,21H,1-3H3;1-2H. The molecule has 0 aliphatic carbocycles. The van der Waals surface area contributed by atoms with E-state index in [1.807, 2.05) is 56.3 Å². The zero-order chi connectivity index (χ0) is 21.3. The number of hydrogen-bond acceptors (Lipinski definition) is 3. The fourth-order valence-corrected chi connectivity index (χ4v) is 3.52. The van der Waals surface area contributed by atoms with Crippen molar-refractivity contribution in [3.05, 3.63) is 72.0 Å². The number of ketones is 1. The molecule has 0 aromatic heterocycles. The molecule has 0 saturated carbocycles. The second-order valence-corrected chi connectivity index (χ2v) is 6.54. The maximum atomic E-state index is 11.9. The molecule has 2 aromatic rings. The number of hydrogen-bond donors (Lipinski definition) is 1. The van der Waals surface area contributed by atoms with Gasteiger partial charge in [-0.2, -0.15) is 0 Å². The molecule has 0 fully saturated rings. The average Bonchev–Trinajstić information content (AvgIpc) is 2.73. The molecule has 142 valence electrons. The molecule has 4 nitrogen and oxygen atoms in total. The van der Waals surface area contributed by atoms with Crippen LogP contribution in [-0.2, 0) is 9.45 Å². The van der Waals surface area contributed by atoms with Gasteiger partial charge in [0.25, 0.3) is 0 Å². The SMILES string of the molecule is C#CB=NC#C.CC(=O)C1=C(C)O[B-](c2ccccc2)(c2ccccc2)[NH+]=C1C. The number of carbonyl (C=O) groups is 1. The number of rotatable bonds is 3. The van der Waals surface area contributed by atoms with Crippen LogP contribution in [0.1, 0.15) is 20.8 Å². The van der Waals surface area contributed by atoms with E-state index in [1.54, 1.807) is 6.92 Å². The Kier molecular flexibility index (Phi) is 7.52. The summed E-state index contributed by atoms with van der Waals surface area (Å²) in [7, 11) is 1.22. The summed E-state index contributed by atoms with van der Waals surface area (Å²) in [5.74, 6) is 2.81. The van der Waals surface area contributed by atoms with Crippen LogP contribution < -0.4 is 15.8 Å². The van der Waals surface area contributed by atoms with Crippen molar-refractivity contribution in [2.45, 2.75) is 20.8 Å². The molecule has 1 N–H and O–H groups in total. The topological polar surface area (TPSA) is 52.6 Å². The van der Waals surface area contributed by atoms with E-state index < -0.39 is 6.48 Å². The summed E-state index contributed by atoms with van der Waals surface area (Å²) in [6, 6.07) is 22.2. The van der Waals surface area contributed by atoms with Gasteiger partial charge in [0.05, 0.1) is 5.76 Å². The Morgan fingerprint density at radius 2 is 1.55 bits per heavy atom. The summed E-state index contributed by atoms with van der Waals surface area (Å²) in [5.41, 5.74) is 3.60. The van der Waals surface area contributed by atoms with Crippen molar-refractivity contribution in [1.82, 2.24) is 0 Å². The maximum absolute atomic E-state index is 11.9. The van der Waals surface area contributed by atoms with Crippen LogP contribution in [-0.4, -0.2) is 25.1 Å². The molecule has 0 bridgehead atoms. The molecule has 0 spiro atoms. The fourth-order valence-electron chi connectivity index (χ4n) is 3.52. The van der Waals surface area contributed by atoms with Gasteiger partial charge in [-0.05, 0) is 13.8 Å². The number of benzene rings is 2. The van der Waals surface area contributed by atoms with Gasteiger partial charge in [-0.15, -0.1) is 0 Å². The molecule has 0 amide bonds. The molecule has 2 aromatic carbocycles. The van der Waals surface area contributed by atoms with E-state index in [-0.39, 0.29) is 5.78 Å². The van der Waals surface area contributed by atoms with Gasteiger partial charge in [-0.3, -0.25) is 4.79 Å². The Morgan fingerprint density at radius 1 is 1.03 bits per heavy atom. The van der Waals surface area contributed by atoms with Crippen LogP contribution in [0.25, 0.3) is 0 Å². The Morgan fingerprint density at radius 3 is 1.90 bits per heavy atom. The van der Waals surface area contributed by atoms with Gasteiger partial charge in [0.15, 0.2) is 5.78 Å². The summed E-state index contributed by atoms with van der Waals surface area (Å²) in [6.07, 6.45) is 9.39. The van der Waals surface area contributed by atoms with Gasteiger partial charge < -0.3 is 9.56 Å². The number of carbonyl (C=O) groups excluding carboxylic acids is 1. The minimum absolute atomic E-state index is 0.0121. The third-order valence-corrected chi connectivity index (χ3v) is 4.60. The van der Waals surface area contributed by atoms with Crippen molar-refractivity contribution in [2.75, 3.05) is 0 Å². The molecule has 29 heavy (non-hydrogen) atoms. The third-order valence-electron chi connectivity index (χ3n) is 4.60. The van der Waals surface area contributed by atoms with Gasteiger partial charge in [0.1, 0.15) is 11.3 Å². The quantitative estimate of drug-likeness (QED) is 0.631. The summed E-state index contributed by atoms with van der Waals surface area (Å²) >= 11 is 0. The molecule has 0 unspecified atom stereocenters. The first-order valence-corrected chi connectivity index (χ1v) is 9.18. The van der Waals surface area contributed by atoms with Crippen LogP contribution in [0.15, 0.2) is 76.9 Å². The van der Waals surface area contributed by atoms with E-state index in [0.717, 1.165) is 16.6 Å². The molecule has 1 aliphatic heterocycles. The first kappa shape index (κ1) is 21.7. The van der Waals surface area contributed by atoms with Crippen molar-refractivity contribution in [2.24, 2.45) is 4.90 Å². The van der Waals surface area contributed by atoms with Gasteiger partial charge >= 0.3 is 43.2 Å². The fraction of sp³-hybridized carbons (Fsp3) is 0.130. The number of terminal acetylenes is 2. The van der Waals surface area contributed by atoms with Crippen molar-refractivity contribution in [3.8, 4) is 24.7 Å². The molecule has 0 atom stereocenters. The Balaban J connectivity index is 0.000000438. The summed E-state index contributed by atoms with van der Waals surface area (Å²) in [5, 5.41) is 0. The van der Waals surface area contributed by atoms with Crippen LogP contribution in [0.3, 0.4) is 0 Å². The van der Waals surface area contributed by atoms with Crippen LogP contribution in [0.2, 0.25) is 0 Å². The van der Waals surface area contributed by atoms with Crippen LogP contribution in [0.4, 0.5) is 0 Å². The molecule has 3 rings (SSSR count). The Bertz CT molecular complexity index is 988. The summed E-state index contributed by atoms with van der Waals surface area (Å²) in [4.78, 5) is 18.7. The summed E-state index contributed by atoms with van der Waals surface area (Å²) in [6.45, 7) is 3.72. The minimum atomic E-state index is -1.64. The van der Waals surface area contributed by atoms with Crippen molar-refractivity contribution in [3.63, 3.8) is 0 Å². The number of Topliss-reactive ketones (excluding diaryl/α,β-unsaturated/α-hetero) is 1.